The average Bonchev–Trinajstić information content (AvgIpc) is 2.99. The van der Waals surface area contributed by atoms with E-state index in [9.17, 15) is 14.7 Å². The van der Waals surface area contributed by atoms with Crippen LogP contribution < -0.4 is 0 Å². The topological polar surface area (TPSA) is 75.4 Å². The van der Waals surface area contributed by atoms with Gasteiger partial charge < -0.3 is 9.67 Å². The molecule has 1 aliphatic heterocycles. The van der Waals surface area contributed by atoms with Gasteiger partial charge in [-0.3, -0.25) is 4.79 Å². The van der Waals surface area contributed by atoms with Crippen molar-refractivity contribution in [3.63, 3.8) is 0 Å². The summed E-state index contributed by atoms with van der Waals surface area (Å²) in [7, 11) is 0. The van der Waals surface area contributed by atoms with Gasteiger partial charge in [-0.2, -0.15) is 0 Å². The van der Waals surface area contributed by atoms with E-state index in [0.29, 0.717) is 19.0 Å². The van der Waals surface area contributed by atoms with E-state index >= 15 is 0 Å². The first-order chi connectivity index (χ1) is 11.4. The van der Waals surface area contributed by atoms with E-state index in [1.165, 1.54) is 25.7 Å². The number of piperidine rings is 1. The van der Waals surface area contributed by atoms with E-state index in [2.05, 4.69) is 22.7 Å². The van der Waals surface area contributed by atoms with Crippen LogP contribution in [0.3, 0.4) is 0 Å². The Kier molecular flexibility index (Phi) is 4.92. The van der Waals surface area contributed by atoms with Crippen molar-refractivity contribution in [2.24, 2.45) is 17.8 Å². The Morgan fingerprint density at radius 3 is 2.62 bits per heavy atom. The summed E-state index contributed by atoms with van der Waals surface area (Å²) in [6, 6.07) is 0.513. The van der Waals surface area contributed by atoms with Gasteiger partial charge >= 0.3 is 6.09 Å². The van der Waals surface area contributed by atoms with Crippen molar-refractivity contribution >= 4 is 12.0 Å². The van der Waals surface area contributed by atoms with Crippen molar-refractivity contribution in [3.05, 3.63) is 18.2 Å². The van der Waals surface area contributed by atoms with Crippen LogP contribution >= 0.6 is 0 Å². The maximum atomic E-state index is 12.4. The summed E-state index contributed by atoms with van der Waals surface area (Å²) in [4.78, 5) is 29.1. The van der Waals surface area contributed by atoms with Crippen LogP contribution in [0.5, 0.6) is 0 Å². The second-order valence-corrected chi connectivity index (χ2v) is 7.70. The van der Waals surface area contributed by atoms with Gasteiger partial charge in [0.25, 0.3) is 0 Å². The zero-order valence-corrected chi connectivity index (χ0v) is 14.5. The monoisotopic (exact) mass is 333 g/mol. The molecule has 24 heavy (non-hydrogen) atoms. The smallest absolute Gasteiger partial charge is 0.414 e. The van der Waals surface area contributed by atoms with E-state index in [1.807, 2.05) is 13.3 Å². The largest absolute Gasteiger partial charge is 0.465 e. The number of imidazole rings is 1. The number of rotatable bonds is 3. The lowest BCUT2D eigenvalue weighted by molar-refractivity contribution is -0.137. The third-order valence-electron chi connectivity index (χ3n) is 5.54. The minimum atomic E-state index is -1.14. The van der Waals surface area contributed by atoms with E-state index in [-0.39, 0.29) is 17.7 Å². The Hall–Kier alpha value is -1.85. The van der Waals surface area contributed by atoms with Crippen LogP contribution in [0.25, 0.3) is 0 Å². The average molecular weight is 333 g/mol. The number of aromatic nitrogens is 2. The molecule has 2 amide bonds. The molecule has 0 radical (unpaired) electrons. The summed E-state index contributed by atoms with van der Waals surface area (Å²) >= 11 is 0. The van der Waals surface area contributed by atoms with Gasteiger partial charge in [-0.1, -0.05) is 13.8 Å². The molecule has 0 bridgehead atoms. The van der Waals surface area contributed by atoms with Gasteiger partial charge in [0.05, 0.1) is 12.0 Å². The van der Waals surface area contributed by atoms with Crippen molar-refractivity contribution in [1.82, 2.24) is 14.5 Å². The van der Waals surface area contributed by atoms with E-state index in [1.54, 1.807) is 0 Å². The number of carbonyl (C=O) groups is 2. The van der Waals surface area contributed by atoms with E-state index in [4.69, 9.17) is 0 Å². The lowest BCUT2D eigenvalue weighted by atomic mass is 9.86. The predicted octanol–water partition coefficient (Wildman–Crippen LogP) is 3.34. The van der Waals surface area contributed by atoms with Gasteiger partial charge in [-0.25, -0.2) is 14.7 Å². The Morgan fingerprint density at radius 1 is 1.25 bits per heavy atom. The summed E-state index contributed by atoms with van der Waals surface area (Å²) in [6.07, 6.45) is 8.93. The summed E-state index contributed by atoms with van der Waals surface area (Å²) < 4.78 is 2.19. The number of amides is 2. The van der Waals surface area contributed by atoms with Crippen LogP contribution in [0.1, 0.15) is 57.7 Å². The van der Waals surface area contributed by atoms with Crippen LogP contribution in [0.2, 0.25) is 0 Å². The van der Waals surface area contributed by atoms with Crippen LogP contribution in [-0.2, 0) is 11.2 Å². The number of hydrogen-bond donors (Lipinski definition) is 1. The molecule has 1 saturated heterocycles. The molecule has 0 spiro atoms. The van der Waals surface area contributed by atoms with E-state index in [0.717, 1.165) is 22.9 Å². The quantitative estimate of drug-likeness (QED) is 0.920. The molecule has 3 rings (SSSR count). The molecule has 2 aliphatic rings. The molecular weight excluding hydrogens is 306 g/mol. The van der Waals surface area contributed by atoms with Crippen molar-refractivity contribution in [3.8, 4) is 0 Å². The maximum Gasteiger partial charge on any atom is 0.414 e. The third-order valence-corrected chi connectivity index (χ3v) is 5.54. The maximum absolute atomic E-state index is 12.4. The molecule has 1 saturated carbocycles. The Morgan fingerprint density at radius 2 is 1.96 bits per heavy atom. The molecule has 1 aromatic rings. The minimum Gasteiger partial charge on any atom is -0.465 e. The zero-order chi connectivity index (χ0) is 17.3. The van der Waals surface area contributed by atoms with E-state index < -0.39 is 6.09 Å². The molecule has 0 unspecified atom stereocenters. The second kappa shape index (κ2) is 6.95. The van der Waals surface area contributed by atoms with Gasteiger partial charge in [-0.05, 0) is 43.9 Å². The molecule has 0 aromatic carbocycles. The summed E-state index contributed by atoms with van der Waals surface area (Å²) in [5.74, 6) is 0.458. The predicted molar refractivity (Wildman–Crippen MR) is 89.6 cm³/mol. The van der Waals surface area contributed by atoms with Crippen molar-refractivity contribution in [2.75, 3.05) is 6.54 Å². The van der Waals surface area contributed by atoms with Crippen LogP contribution in [0.15, 0.2) is 12.5 Å². The molecule has 1 N–H and O–H groups in total. The first-order valence-electron chi connectivity index (χ1n) is 9.00. The number of nitrogens with zero attached hydrogens (tertiary/aromatic N) is 3. The standard InChI is InChI=1S/C18H27N3O3/c1-12-3-5-16(6-4-12)20-10-15(19-11-20)8-14-7-13(2)9-21(17(14)22)18(23)24/h10-14,16H,3-9H2,1-2H3,(H,23,24)/t12-,13-,14+,16-/m1/s1. The Bertz CT molecular complexity index is 604. The van der Waals surface area contributed by atoms with Gasteiger partial charge in [0.15, 0.2) is 0 Å². The Labute approximate surface area is 142 Å². The van der Waals surface area contributed by atoms with Crippen molar-refractivity contribution in [1.29, 1.82) is 0 Å². The number of hydrogen-bond acceptors (Lipinski definition) is 3. The molecule has 2 heterocycles. The number of imide groups is 1. The van der Waals surface area contributed by atoms with Crippen molar-refractivity contribution < 1.29 is 14.7 Å². The highest BCUT2D eigenvalue weighted by atomic mass is 16.4. The first kappa shape index (κ1) is 17.0. The first-order valence-corrected chi connectivity index (χ1v) is 9.00. The fourth-order valence-electron chi connectivity index (χ4n) is 4.10. The molecule has 132 valence electrons. The molecule has 6 heteroatoms. The third kappa shape index (κ3) is 3.62. The molecule has 1 aliphatic carbocycles. The summed E-state index contributed by atoms with van der Waals surface area (Å²) in [5, 5.41) is 9.19. The van der Waals surface area contributed by atoms with Gasteiger partial charge in [0.1, 0.15) is 0 Å². The van der Waals surface area contributed by atoms with Crippen LogP contribution in [0, 0.1) is 17.8 Å². The summed E-state index contributed by atoms with van der Waals surface area (Å²) in [6.45, 7) is 4.61. The number of carbonyl (C=O) groups excluding carboxylic acids is 1. The van der Waals surface area contributed by atoms with Crippen molar-refractivity contribution in [2.45, 2.75) is 58.4 Å². The summed E-state index contributed by atoms with van der Waals surface area (Å²) in [5.41, 5.74) is 0.895. The van der Waals surface area contributed by atoms with Crippen LogP contribution in [0.4, 0.5) is 4.79 Å². The fourth-order valence-corrected chi connectivity index (χ4v) is 4.10. The molecule has 6 nitrogen and oxygen atoms in total. The number of carboxylic acid groups (broad SMARTS) is 1. The van der Waals surface area contributed by atoms with Gasteiger partial charge in [0.2, 0.25) is 5.91 Å². The number of likely N-dealkylation sites (tertiary alicyclic amines) is 1. The highest BCUT2D eigenvalue weighted by Crippen LogP contribution is 2.32. The lowest BCUT2D eigenvalue weighted by Gasteiger charge is -2.32. The molecule has 1 aromatic heterocycles. The van der Waals surface area contributed by atoms with Gasteiger partial charge in [-0.15, -0.1) is 0 Å². The molecule has 2 atom stereocenters. The zero-order valence-electron chi connectivity index (χ0n) is 14.5. The van der Waals surface area contributed by atoms with Gasteiger partial charge in [0, 0.05) is 31.1 Å². The normalized spacial score (nSPS) is 31.2. The minimum absolute atomic E-state index is 0.200. The van der Waals surface area contributed by atoms with Crippen LogP contribution in [-0.4, -0.2) is 38.1 Å². The SMILES string of the molecule is C[C@@H]1C[C@@H](Cc2cn([C@H]3CC[C@H](C)CC3)cn2)C(=O)N(C(=O)O)C1. The highest BCUT2D eigenvalue weighted by Gasteiger charge is 2.36. The highest BCUT2D eigenvalue weighted by molar-refractivity contribution is 5.93. The fraction of sp³-hybridized carbons (Fsp3) is 0.722. The Balaban J connectivity index is 1.65. The molecule has 2 fully saturated rings. The molecular formula is C18H27N3O3. The second-order valence-electron chi connectivity index (χ2n) is 7.70. The lowest BCUT2D eigenvalue weighted by Crippen LogP contribution is -2.47.